The van der Waals surface area contributed by atoms with Gasteiger partial charge in [-0.15, -0.1) is 0 Å². The van der Waals surface area contributed by atoms with Crippen LogP contribution in [0.2, 0.25) is 5.02 Å². The minimum atomic E-state index is -0.801. The average molecular weight is 507 g/mol. The summed E-state index contributed by atoms with van der Waals surface area (Å²) < 4.78 is 7.34. The third-order valence-electron chi connectivity index (χ3n) is 6.02. The largest absolute Gasteiger partial charge is 0.413 e. The SMILES string of the molecule is CCCn1nc(-c2cnc3[nH]cc(OC(=O)N[C@H](C)C(=O)N4CC(C#N)C4)c3n2)c2ccc(Cl)cc21. The van der Waals surface area contributed by atoms with Gasteiger partial charge in [0, 0.05) is 36.2 Å². The first kappa shape index (κ1) is 23.6. The quantitative estimate of drug-likeness (QED) is 0.407. The first-order valence-corrected chi connectivity index (χ1v) is 11.9. The third-order valence-corrected chi connectivity index (χ3v) is 6.26. The monoisotopic (exact) mass is 506 g/mol. The van der Waals surface area contributed by atoms with Crippen LogP contribution in [0.25, 0.3) is 33.5 Å². The van der Waals surface area contributed by atoms with Crippen LogP contribution in [0, 0.1) is 17.2 Å². The Morgan fingerprint density at radius 1 is 1.39 bits per heavy atom. The molecule has 0 saturated carbocycles. The van der Waals surface area contributed by atoms with Crippen molar-refractivity contribution in [2.45, 2.75) is 32.9 Å². The lowest BCUT2D eigenvalue weighted by molar-refractivity contribution is -0.137. The summed E-state index contributed by atoms with van der Waals surface area (Å²) in [5.74, 6) is -0.256. The number of carbonyl (C=O) groups excluding carboxylic acids is 2. The summed E-state index contributed by atoms with van der Waals surface area (Å²) in [6.07, 6.45) is 3.20. The van der Waals surface area contributed by atoms with E-state index in [-0.39, 0.29) is 17.6 Å². The van der Waals surface area contributed by atoms with Crippen LogP contribution in [-0.2, 0) is 11.3 Å². The second-order valence-electron chi connectivity index (χ2n) is 8.66. The van der Waals surface area contributed by atoms with Crippen molar-refractivity contribution in [1.29, 1.82) is 5.26 Å². The van der Waals surface area contributed by atoms with Crippen LogP contribution < -0.4 is 10.1 Å². The van der Waals surface area contributed by atoms with Crippen molar-refractivity contribution in [3.63, 3.8) is 0 Å². The standard InChI is InChI=1S/C24H23ClN8O3/c1-3-6-33-18-7-15(25)4-5-16(18)20(31-33)17-9-27-22-21(30-17)19(10-28-22)36-24(35)29-13(2)23(34)32-11-14(8-26)12-32/h4-5,7,9-10,13-14H,3,6,11-12H2,1-2H3,(H,27,28)(H,29,35)/t13-/m1/s1. The molecule has 0 aliphatic carbocycles. The summed E-state index contributed by atoms with van der Waals surface area (Å²) >= 11 is 6.21. The zero-order chi connectivity index (χ0) is 25.4. The average Bonchev–Trinajstić information content (AvgIpc) is 3.39. The highest BCUT2D eigenvalue weighted by molar-refractivity contribution is 6.31. The first-order chi connectivity index (χ1) is 17.4. The minimum absolute atomic E-state index is 0.158. The third kappa shape index (κ3) is 4.31. The second-order valence-corrected chi connectivity index (χ2v) is 9.10. The van der Waals surface area contributed by atoms with E-state index in [1.807, 2.05) is 16.8 Å². The molecule has 3 aromatic heterocycles. The van der Waals surface area contributed by atoms with Crippen LogP contribution in [0.4, 0.5) is 4.79 Å². The first-order valence-electron chi connectivity index (χ1n) is 11.5. The molecule has 184 valence electrons. The molecule has 11 nitrogen and oxygen atoms in total. The number of halogens is 1. The predicted octanol–water partition coefficient (Wildman–Crippen LogP) is 3.50. The molecular weight excluding hydrogens is 484 g/mol. The van der Waals surface area contributed by atoms with E-state index in [9.17, 15) is 9.59 Å². The Morgan fingerprint density at radius 3 is 2.94 bits per heavy atom. The number of nitrogens with zero attached hydrogens (tertiary/aromatic N) is 6. The Kier molecular flexibility index (Phi) is 6.20. The van der Waals surface area contributed by atoms with Crippen molar-refractivity contribution in [3.8, 4) is 23.2 Å². The molecule has 5 rings (SSSR count). The van der Waals surface area contributed by atoms with Crippen LogP contribution in [0.5, 0.6) is 5.75 Å². The van der Waals surface area contributed by atoms with Crippen molar-refractivity contribution in [3.05, 3.63) is 35.6 Å². The van der Waals surface area contributed by atoms with Gasteiger partial charge in [0.15, 0.2) is 16.9 Å². The van der Waals surface area contributed by atoms with E-state index in [1.54, 1.807) is 19.2 Å². The molecule has 0 bridgehead atoms. The van der Waals surface area contributed by atoms with Crippen molar-refractivity contribution in [2.75, 3.05) is 13.1 Å². The summed E-state index contributed by atoms with van der Waals surface area (Å²) in [4.78, 5) is 38.5. The summed E-state index contributed by atoms with van der Waals surface area (Å²) in [6, 6.07) is 6.88. The maximum absolute atomic E-state index is 12.5. The lowest BCUT2D eigenvalue weighted by Gasteiger charge is -2.36. The van der Waals surface area contributed by atoms with Crippen molar-refractivity contribution in [2.24, 2.45) is 5.92 Å². The molecule has 0 unspecified atom stereocenters. The number of aromatic amines is 1. The molecule has 1 aliphatic heterocycles. The molecule has 36 heavy (non-hydrogen) atoms. The van der Waals surface area contributed by atoms with Crippen LogP contribution in [0.15, 0.2) is 30.6 Å². The molecule has 2 N–H and O–H groups in total. The van der Waals surface area contributed by atoms with E-state index in [1.165, 1.54) is 11.1 Å². The van der Waals surface area contributed by atoms with Gasteiger partial charge in [0.05, 0.1) is 23.7 Å². The Hall–Kier alpha value is -4.17. The van der Waals surface area contributed by atoms with Gasteiger partial charge in [-0.3, -0.25) is 9.48 Å². The van der Waals surface area contributed by atoms with Crippen molar-refractivity contribution in [1.82, 2.24) is 34.9 Å². The number of H-pyrrole nitrogens is 1. The topological polar surface area (TPSA) is 142 Å². The highest BCUT2D eigenvalue weighted by Crippen LogP contribution is 2.31. The molecule has 4 aromatic rings. The van der Waals surface area contributed by atoms with E-state index < -0.39 is 12.1 Å². The molecule has 0 spiro atoms. The Balaban J connectivity index is 1.37. The number of fused-ring (bicyclic) bond motifs is 2. The zero-order valence-electron chi connectivity index (χ0n) is 19.7. The smallest absolute Gasteiger partial charge is 0.406 e. The van der Waals surface area contributed by atoms with Crippen LogP contribution >= 0.6 is 11.6 Å². The molecule has 4 heterocycles. The maximum atomic E-state index is 12.5. The van der Waals surface area contributed by atoms with Crippen molar-refractivity contribution < 1.29 is 14.3 Å². The van der Waals surface area contributed by atoms with E-state index in [4.69, 9.17) is 26.7 Å². The molecule has 1 saturated heterocycles. The van der Waals surface area contributed by atoms with Gasteiger partial charge in [0.1, 0.15) is 17.4 Å². The molecule has 1 aliphatic rings. The molecule has 1 fully saturated rings. The Bertz CT molecular complexity index is 1520. The number of aromatic nitrogens is 5. The fourth-order valence-corrected chi connectivity index (χ4v) is 4.33. The van der Waals surface area contributed by atoms with Gasteiger partial charge in [-0.25, -0.2) is 14.8 Å². The van der Waals surface area contributed by atoms with Crippen LogP contribution in [0.1, 0.15) is 20.3 Å². The maximum Gasteiger partial charge on any atom is 0.413 e. The van der Waals surface area contributed by atoms with Gasteiger partial charge in [-0.1, -0.05) is 18.5 Å². The van der Waals surface area contributed by atoms with Gasteiger partial charge in [0.25, 0.3) is 0 Å². The molecular formula is C24H23ClN8O3. The summed E-state index contributed by atoms with van der Waals surface area (Å²) in [5.41, 5.74) is 2.85. The number of rotatable bonds is 6. The molecule has 12 heteroatoms. The number of likely N-dealkylation sites (tertiary alicyclic amines) is 1. The number of aryl methyl sites for hydroxylation is 1. The Labute approximate surface area is 211 Å². The number of ether oxygens (including phenoxy) is 1. The Morgan fingerprint density at radius 2 is 2.19 bits per heavy atom. The van der Waals surface area contributed by atoms with Gasteiger partial charge in [0.2, 0.25) is 5.91 Å². The summed E-state index contributed by atoms with van der Waals surface area (Å²) in [6.45, 7) is 5.09. The highest BCUT2D eigenvalue weighted by Gasteiger charge is 2.33. The van der Waals surface area contributed by atoms with Gasteiger partial charge < -0.3 is 19.9 Å². The highest BCUT2D eigenvalue weighted by atomic mass is 35.5. The van der Waals surface area contributed by atoms with Gasteiger partial charge >= 0.3 is 6.09 Å². The summed E-state index contributed by atoms with van der Waals surface area (Å²) in [7, 11) is 0. The number of hydrogen-bond donors (Lipinski definition) is 2. The van der Waals surface area contributed by atoms with E-state index in [2.05, 4.69) is 33.3 Å². The lowest BCUT2D eigenvalue weighted by Crippen LogP contribution is -2.56. The van der Waals surface area contributed by atoms with Crippen LogP contribution in [-0.4, -0.2) is 60.8 Å². The minimum Gasteiger partial charge on any atom is -0.406 e. The molecule has 1 aromatic carbocycles. The normalized spacial score (nSPS) is 14.4. The lowest BCUT2D eigenvalue weighted by atomic mass is 10.0. The number of hydrogen-bond acceptors (Lipinski definition) is 7. The zero-order valence-corrected chi connectivity index (χ0v) is 20.4. The number of nitrogens with one attached hydrogen (secondary N) is 2. The van der Waals surface area contributed by atoms with Crippen LogP contribution in [0.3, 0.4) is 0 Å². The van der Waals surface area contributed by atoms with Gasteiger partial charge in [-0.2, -0.15) is 10.4 Å². The van der Waals surface area contributed by atoms with E-state index in [0.29, 0.717) is 40.7 Å². The fourth-order valence-electron chi connectivity index (χ4n) is 4.16. The number of nitriles is 1. The van der Waals surface area contributed by atoms with E-state index in [0.717, 1.165) is 23.9 Å². The fraction of sp³-hybridized carbons (Fsp3) is 0.333. The number of carbonyl (C=O) groups is 2. The molecule has 0 radical (unpaired) electrons. The van der Waals surface area contributed by atoms with Gasteiger partial charge in [-0.05, 0) is 31.5 Å². The number of amides is 2. The number of benzene rings is 1. The summed E-state index contributed by atoms with van der Waals surface area (Å²) in [5, 5.41) is 17.6. The molecule has 1 atom stereocenters. The van der Waals surface area contributed by atoms with Crippen molar-refractivity contribution >= 4 is 45.7 Å². The molecule has 2 amide bonds. The second kappa shape index (κ2) is 9.47. The van der Waals surface area contributed by atoms with E-state index >= 15 is 0 Å². The predicted molar refractivity (Wildman–Crippen MR) is 132 cm³/mol.